The predicted octanol–water partition coefficient (Wildman–Crippen LogP) is 1.34. The maximum atomic E-state index is 11.9. The molecule has 7 heteroatoms. The number of carbonyl (C=O) groups is 1. The summed E-state index contributed by atoms with van der Waals surface area (Å²) in [6.07, 6.45) is -4.83. The van der Waals surface area contributed by atoms with Gasteiger partial charge in [0.25, 0.3) is 0 Å². The smallest absolute Gasteiger partial charge is 0.390 e. The highest BCUT2D eigenvalue weighted by Gasteiger charge is 2.32. The second-order valence-electron chi connectivity index (χ2n) is 4.62. The van der Waals surface area contributed by atoms with E-state index < -0.39 is 37.4 Å². The zero-order chi connectivity index (χ0) is 14.8. The van der Waals surface area contributed by atoms with Gasteiger partial charge in [0.05, 0.1) is 12.1 Å². The summed E-state index contributed by atoms with van der Waals surface area (Å²) >= 11 is 0. The van der Waals surface area contributed by atoms with E-state index in [1.54, 1.807) is 12.1 Å². The zero-order valence-corrected chi connectivity index (χ0v) is 10.5. The number of alkyl halides is 3. The maximum absolute atomic E-state index is 11.9. The summed E-state index contributed by atoms with van der Waals surface area (Å²) in [6.45, 7) is -2.16. The first-order valence-corrected chi connectivity index (χ1v) is 6.06. The third-order valence-corrected chi connectivity index (χ3v) is 3.02. The van der Waals surface area contributed by atoms with Crippen LogP contribution in [0.5, 0.6) is 0 Å². The normalized spacial score (nSPS) is 21.6. The van der Waals surface area contributed by atoms with Crippen molar-refractivity contribution in [3.05, 3.63) is 35.4 Å². The van der Waals surface area contributed by atoms with E-state index >= 15 is 0 Å². The van der Waals surface area contributed by atoms with Crippen molar-refractivity contribution in [3.8, 4) is 0 Å². The Balaban J connectivity index is 1.89. The third-order valence-electron chi connectivity index (χ3n) is 3.02. The number of rotatable bonds is 4. The van der Waals surface area contributed by atoms with Crippen LogP contribution in [0.3, 0.4) is 0 Å². The molecule has 0 aliphatic heterocycles. The van der Waals surface area contributed by atoms with E-state index in [1.807, 2.05) is 12.1 Å². The zero-order valence-electron chi connectivity index (χ0n) is 10.5. The molecule has 0 bridgehead atoms. The number of nitrogens with one attached hydrogen (secondary N) is 1. The lowest BCUT2D eigenvalue weighted by molar-refractivity contribution is -0.175. The van der Waals surface area contributed by atoms with Crippen molar-refractivity contribution >= 4 is 5.91 Å². The molecule has 1 aliphatic rings. The molecular formula is C13H14F3NO3. The van der Waals surface area contributed by atoms with Gasteiger partial charge in [0.15, 0.2) is 0 Å². The van der Waals surface area contributed by atoms with Gasteiger partial charge in [-0.3, -0.25) is 4.79 Å². The van der Waals surface area contributed by atoms with E-state index in [4.69, 9.17) is 0 Å². The number of hydrogen-bond acceptors (Lipinski definition) is 3. The molecule has 2 rings (SSSR count). The SMILES string of the molecule is O=C(COCC(F)(F)F)N[C@@H]1c2ccccc2C[C@@H]1O. The van der Waals surface area contributed by atoms with Crippen LogP contribution in [0, 0.1) is 0 Å². The van der Waals surface area contributed by atoms with Crippen molar-refractivity contribution in [2.24, 2.45) is 0 Å². The third kappa shape index (κ3) is 3.71. The lowest BCUT2D eigenvalue weighted by Gasteiger charge is -2.18. The van der Waals surface area contributed by atoms with Crippen molar-refractivity contribution in [3.63, 3.8) is 0 Å². The number of benzene rings is 1. The van der Waals surface area contributed by atoms with Gasteiger partial charge in [-0.05, 0) is 11.1 Å². The monoisotopic (exact) mass is 289 g/mol. The highest BCUT2D eigenvalue weighted by atomic mass is 19.4. The molecule has 110 valence electrons. The average molecular weight is 289 g/mol. The molecule has 0 aromatic heterocycles. The summed E-state index contributed by atoms with van der Waals surface area (Å²) in [6, 6.07) is 6.60. The van der Waals surface area contributed by atoms with E-state index in [0.717, 1.165) is 11.1 Å². The van der Waals surface area contributed by atoms with Crippen LogP contribution >= 0.6 is 0 Å². The second kappa shape index (κ2) is 5.80. The first-order valence-electron chi connectivity index (χ1n) is 6.06. The lowest BCUT2D eigenvalue weighted by atomic mass is 10.1. The topological polar surface area (TPSA) is 58.6 Å². The van der Waals surface area contributed by atoms with Crippen LogP contribution in [0.2, 0.25) is 0 Å². The molecule has 4 nitrogen and oxygen atoms in total. The van der Waals surface area contributed by atoms with E-state index in [9.17, 15) is 23.1 Å². The highest BCUT2D eigenvalue weighted by Crippen LogP contribution is 2.31. The van der Waals surface area contributed by atoms with Gasteiger partial charge < -0.3 is 15.2 Å². The second-order valence-corrected chi connectivity index (χ2v) is 4.62. The summed E-state index contributed by atoms with van der Waals surface area (Å²) < 4.78 is 39.9. The molecule has 0 heterocycles. The van der Waals surface area contributed by atoms with Gasteiger partial charge in [0.2, 0.25) is 5.91 Å². The number of ether oxygens (including phenoxy) is 1. The molecule has 1 aromatic rings. The Morgan fingerprint density at radius 1 is 1.40 bits per heavy atom. The average Bonchev–Trinajstić information content (AvgIpc) is 2.64. The molecular weight excluding hydrogens is 275 g/mol. The molecule has 2 N–H and O–H groups in total. The Labute approximate surface area is 113 Å². The van der Waals surface area contributed by atoms with Crippen molar-refractivity contribution in [1.82, 2.24) is 5.32 Å². The van der Waals surface area contributed by atoms with Crippen LogP contribution in [-0.2, 0) is 16.0 Å². The Hall–Kier alpha value is -1.60. The van der Waals surface area contributed by atoms with Gasteiger partial charge in [0.1, 0.15) is 13.2 Å². The Morgan fingerprint density at radius 3 is 2.80 bits per heavy atom. The van der Waals surface area contributed by atoms with E-state index in [-0.39, 0.29) is 0 Å². The van der Waals surface area contributed by atoms with Crippen molar-refractivity contribution < 1.29 is 27.8 Å². The van der Waals surface area contributed by atoms with Gasteiger partial charge in [-0.1, -0.05) is 24.3 Å². The molecule has 1 amide bonds. The number of carbonyl (C=O) groups excluding carboxylic acids is 1. The number of halogens is 3. The van der Waals surface area contributed by atoms with E-state index in [0.29, 0.717) is 6.42 Å². The lowest BCUT2D eigenvalue weighted by Crippen LogP contribution is -2.36. The first kappa shape index (κ1) is 14.8. The van der Waals surface area contributed by atoms with Crippen LogP contribution in [0.4, 0.5) is 13.2 Å². The minimum atomic E-state index is -4.46. The molecule has 2 atom stereocenters. The van der Waals surface area contributed by atoms with Gasteiger partial charge in [0, 0.05) is 6.42 Å². The Bertz CT molecular complexity index is 490. The molecule has 1 aromatic carbocycles. The number of aliphatic hydroxyl groups is 1. The molecule has 0 radical (unpaired) electrons. The largest absolute Gasteiger partial charge is 0.411 e. The first-order chi connectivity index (χ1) is 9.37. The van der Waals surface area contributed by atoms with Crippen molar-refractivity contribution in [2.45, 2.75) is 24.7 Å². The minimum Gasteiger partial charge on any atom is -0.390 e. The van der Waals surface area contributed by atoms with Crippen LogP contribution in [0.25, 0.3) is 0 Å². The van der Waals surface area contributed by atoms with Crippen LogP contribution < -0.4 is 5.32 Å². The quantitative estimate of drug-likeness (QED) is 0.879. The summed E-state index contributed by atoms with van der Waals surface area (Å²) in [7, 11) is 0. The molecule has 0 saturated carbocycles. The number of amides is 1. The minimum absolute atomic E-state index is 0.407. The summed E-state index contributed by atoms with van der Waals surface area (Å²) in [5, 5.41) is 12.4. The van der Waals surface area contributed by atoms with E-state index in [2.05, 4.69) is 10.1 Å². The fourth-order valence-electron chi connectivity index (χ4n) is 2.22. The van der Waals surface area contributed by atoms with Crippen LogP contribution in [0.1, 0.15) is 17.2 Å². The number of hydrogen-bond donors (Lipinski definition) is 2. The number of aliphatic hydroxyl groups excluding tert-OH is 1. The Morgan fingerprint density at radius 2 is 2.10 bits per heavy atom. The molecule has 0 saturated heterocycles. The van der Waals surface area contributed by atoms with Gasteiger partial charge in [-0.2, -0.15) is 13.2 Å². The predicted molar refractivity (Wildman–Crippen MR) is 63.9 cm³/mol. The molecule has 20 heavy (non-hydrogen) atoms. The summed E-state index contributed by atoms with van der Waals surface area (Å²) in [4.78, 5) is 11.5. The molecule has 0 fully saturated rings. The van der Waals surface area contributed by atoms with Crippen LogP contribution in [0.15, 0.2) is 24.3 Å². The Kier molecular flexibility index (Phi) is 4.29. The summed E-state index contributed by atoms with van der Waals surface area (Å²) in [5.41, 5.74) is 1.70. The summed E-state index contributed by atoms with van der Waals surface area (Å²) in [5.74, 6) is -0.685. The number of fused-ring (bicyclic) bond motifs is 1. The fraction of sp³-hybridized carbons (Fsp3) is 0.462. The molecule has 0 unspecified atom stereocenters. The van der Waals surface area contributed by atoms with Crippen molar-refractivity contribution in [2.75, 3.05) is 13.2 Å². The highest BCUT2D eigenvalue weighted by molar-refractivity contribution is 5.78. The van der Waals surface area contributed by atoms with Gasteiger partial charge in [-0.15, -0.1) is 0 Å². The fourth-order valence-corrected chi connectivity index (χ4v) is 2.22. The van der Waals surface area contributed by atoms with Crippen molar-refractivity contribution in [1.29, 1.82) is 0 Å². The molecule has 1 aliphatic carbocycles. The van der Waals surface area contributed by atoms with Gasteiger partial charge >= 0.3 is 6.18 Å². The van der Waals surface area contributed by atoms with E-state index in [1.165, 1.54) is 0 Å². The molecule has 0 spiro atoms. The standard InChI is InChI=1S/C13H14F3NO3/c14-13(15,16)7-20-6-11(19)17-12-9-4-2-1-3-8(9)5-10(12)18/h1-4,10,12,18H,5-7H2,(H,17,19)/t10-,12+/m0/s1. The maximum Gasteiger partial charge on any atom is 0.411 e. The van der Waals surface area contributed by atoms with Crippen LogP contribution in [-0.4, -0.2) is 36.5 Å². The van der Waals surface area contributed by atoms with Gasteiger partial charge in [-0.25, -0.2) is 0 Å².